The Labute approximate surface area is 53.9 Å². The first kappa shape index (κ1) is 5.68. The fraction of sp³-hybridized carbons (Fsp3) is 1.00. The molecule has 0 bridgehead atoms. The monoisotopic (exact) mass is 148 g/mol. The highest BCUT2D eigenvalue weighted by Gasteiger charge is 2.53. The first-order valence-electron chi connectivity index (χ1n) is 2.96. The van der Waals surface area contributed by atoms with E-state index in [1.165, 1.54) is 0 Å². The van der Waals surface area contributed by atoms with Crippen molar-refractivity contribution < 1.29 is 13.2 Å². The number of sulfone groups is 1. The quantitative estimate of drug-likeness (QED) is 0.438. The van der Waals surface area contributed by atoms with Crippen LogP contribution in [0.3, 0.4) is 0 Å². The van der Waals surface area contributed by atoms with Crippen molar-refractivity contribution in [2.45, 2.75) is 12.0 Å². The lowest BCUT2D eigenvalue weighted by atomic mass is 10.1. The highest BCUT2D eigenvalue weighted by molar-refractivity contribution is 7.91. The summed E-state index contributed by atoms with van der Waals surface area (Å²) in [6.07, 6.45) is 0.718. The van der Waals surface area contributed by atoms with Crippen molar-refractivity contribution in [1.29, 1.82) is 0 Å². The van der Waals surface area contributed by atoms with Crippen molar-refractivity contribution in [2.24, 2.45) is 0 Å². The second kappa shape index (κ2) is 1.32. The first-order chi connectivity index (χ1) is 4.12. The van der Waals surface area contributed by atoms with Crippen LogP contribution in [0.4, 0.5) is 0 Å². The van der Waals surface area contributed by atoms with Crippen LogP contribution in [0, 0.1) is 0 Å². The van der Waals surface area contributed by atoms with Gasteiger partial charge in [-0.15, -0.1) is 0 Å². The molecule has 1 unspecified atom stereocenters. The van der Waals surface area contributed by atoms with Gasteiger partial charge in [0.15, 0.2) is 9.84 Å². The van der Waals surface area contributed by atoms with E-state index in [9.17, 15) is 8.42 Å². The molecule has 2 rings (SSSR count). The molecule has 0 saturated carbocycles. The summed E-state index contributed by atoms with van der Waals surface area (Å²) in [5.41, 5.74) is -0.209. The van der Waals surface area contributed by atoms with E-state index in [4.69, 9.17) is 4.74 Å². The van der Waals surface area contributed by atoms with Crippen molar-refractivity contribution in [1.82, 2.24) is 0 Å². The van der Waals surface area contributed by atoms with E-state index in [2.05, 4.69) is 0 Å². The summed E-state index contributed by atoms with van der Waals surface area (Å²) in [5, 5.41) is 0. The largest absolute Gasteiger partial charge is 0.368 e. The standard InChI is InChI=1S/C5H8O3S/c6-9(7)2-1-5(4-9)3-8-5/h1-4H2. The molecule has 2 aliphatic rings. The van der Waals surface area contributed by atoms with Gasteiger partial charge in [-0.3, -0.25) is 0 Å². The molecule has 0 aromatic rings. The maximum Gasteiger partial charge on any atom is 0.153 e. The Bertz CT molecular complexity index is 225. The normalized spacial score (nSPS) is 45.8. The second-order valence-electron chi connectivity index (χ2n) is 2.81. The van der Waals surface area contributed by atoms with Crippen LogP contribution in [-0.2, 0) is 14.6 Å². The zero-order valence-electron chi connectivity index (χ0n) is 4.96. The van der Waals surface area contributed by atoms with Crippen molar-refractivity contribution in [3.8, 4) is 0 Å². The lowest BCUT2D eigenvalue weighted by Gasteiger charge is -1.91. The van der Waals surface area contributed by atoms with Crippen LogP contribution in [0.5, 0.6) is 0 Å². The molecule has 2 fully saturated rings. The van der Waals surface area contributed by atoms with Crippen LogP contribution in [0.15, 0.2) is 0 Å². The van der Waals surface area contributed by atoms with Crippen LogP contribution < -0.4 is 0 Å². The van der Waals surface area contributed by atoms with Gasteiger partial charge < -0.3 is 4.74 Å². The highest BCUT2D eigenvalue weighted by atomic mass is 32.2. The van der Waals surface area contributed by atoms with Gasteiger partial charge in [-0.2, -0.15) is 0 Å². The van der Waals surface area contributed by atoms with Gasteiger partial charge in [0.1, 0.15) is 5.60 Å². The molecule has 1 atom stereocenters. The van der Waals surface area contributed by atoms with Gasteiger partial charge >= 0.3 is 0 Å². The summed E-state index contributed by atoms with van der Waals surface area (Å²) in [5.74, 6) is 0.590. The fourth-order valence-electron chi connectivity index (χ4n) is 1.22. The zero-order chi connectivity index (χ0) is 6.54. The molecule has 0 aromatic carbocycles. The van der Waals surface area contributed by atoms with E-state index in [0.29, 0.717) is 12.4 Å². The number of ether oxygens (including phenoxy) is 1. The van der Waals surface area contributed by atoms with E-state index in [-0.39, 0.29) is 11.4 Å². The van der Waals surface area contributed by atoms with Crippen LogP contribution in [-0.4, -0.2) is 32.1 Å². The van der Waals surface area contributed by atoms with Crippen molar-refractivity contribution in [3.05, 3.63) is 0 Å². The molecule has 0 N–H and O–H groups in total. The average molecular weight is 148 g/mol. The Morgan fingerprint density at radius 1 is 1.44 bits per heavy atom. The lowest BCUT2D eigenvalue weighted by Crippen LogP contribution is -2.11. The molecule has 0 amide bonds. The summed E-state index contributed by atoms with van der Waals surface area (Å²) >= 11 is 0. The molecule has 1 spiro atoms. The van der Waals surface area contributed by atoms with Gasteiger partial charge in [0.05, 0.1) is 18.1 Å². The fourth-order valence-corrected chi connectivity index (χ4v) is 3.16. The Morgan fingerprint density at radius 3 is 2.33 bits per heavy atom. The van der Waals surface area contributed by atoms with Gasteiger partial charge in [-0.05, 0) is 6.42 Å². The summed E-state index contributed by atoms with van der Waals surface area (Å²) in [7, 11) is -2.72. The van der Waals surface area contributed by atoms with Crippen LogP contribution in [0.1, 0.15) is 6.42 Å². The van der Waals surface area contributed by atoms with Crippen molar-refractivity contribution in [2.75, 3.05) is 18.1 Å². The molecule has 0 aliphatic carbocycles. The molecule has 2 aliphatic heterocycles. The smallest absolute Gasteiger partial charge is 0.153 e. The molecule has 4 heteroatoms. The third-order valence-corrected chi connectivity index (χ3v) is 3.70. The number of rotatable bonds is 0. The molecule has 2 heterocycles. The molecule has 0 aromatic heterocycles. The van der Waals surface area contributed by atoms with E-state index >= 15 is 0 Å². The Balaban J connectivity index is 2.27. The molecule has 52 valence electrons. The van der Waals surface area contributed by atoms with Gasteiger partial charge in [0.25, 0.3) is 0 Å². The number of epoxide rings is 1. The predicted octanol–water partition coefficient (Wildman–Crippen LogP) is -0.426. The third-order valence-electron chi connectivity index (χ3n) is 1.90. The van der Waals surface area contributed by atoms with E-state index in [1.807, 2.05) is 0 Å². The Morgan fingerprint density at radius 2 is 2.11 bits per heavy atom. The summed E-state index contributed by atoms with van der Waals surface area (Å²) < 4.78 is 26.6. The highest BCUT2D eigenvalue weighted by Crippen LogP contribution is 2.37. The SMILES string of the molecule is O=S1(=O)CCC2(CO2)C1. The topological polar surface area (TPSA) is 46.7 Å². The van der Waals surface area contributed by atoms with Gasteiger partial charge in [0.2, 0.25) is 0 Å². The number of hydrogen-bond donors (Lipinski definition) is 0. The van der Waals surface area contributed by atoms with Gasteiger partial charge in [-0.1, -0.05) is 0 Å². The summed E-state index contributed by atoms with van der Waals surface area (Å²) in [6.45, 7) is 0.659. The van der Waals surface area contributed by atoms with Crippen molar-refractivity contribution in [3.63, 3.8) is 0 Å². The van der Waals surface area contributed by atoms with E-state index < -0.39 is 9.84 Å². The minimum Gasteiger partial charge on any atom is -0.368 e. The van der Waals surface area contributed by atoms with Crippen molar-refractivity contribution >= 4 is 9.84 Å². The van der Waals surface area contributed by atoms with Gasteiger partial charge in [0, 0.05) is 0 Å². The molecule has 3 nitrogen and oxygen atoms in total. The molecule has 0 radical (unpaired) electrons. The van der Waals surface area contributed by atoms with Crippen LogP contribution in [0.2, 0.25) is 0 Å². The zero-order valence-corrected chi connectivity index (χ0v) is 5.78. The maximum atomic E-state index is 10.8. The summed E-state index contributed by atoms with van der Waals surface area (Å²) in [4.78, 5) is 0. The predicted molar refractivity (Wildman–Crippen MR) is 32.0 cm³/mol. The Kier molecular flexibility index (Phi) is 0.833. The number of hydrogen-bond acceptors (Lipinski definition) is 3. The maximum absolute atomic E-state index is 10.8. The third kappa shape index (κ3) is 0.861. The van der Waals surface area contributed by atoms with Crippen LogP contribution >= 0.6 is 0 Å². The lowest BCUT2D eigenvalue weighted by molar-refractivity contribution is 0.329. The average Bonchev–Trinajstić information content (AvgIpc) is 2.36. The van der Waals surface area contributed by atoms with Crippen LogP contribution in [0.25, 0.3) is 0 Å². The van der Waals surface area contributed by atoms with E-state index in [1.54, 1.807) is 0 Å². The Hall–Kier alpha value is -0.0900. The van der Waals surface area contributed by atoms with Gasteiger partial charge in [-0.25, -0.2) is 8.42 Å². The molecular weight excluding hydrogens is 140 g/mol. The van der Waals surface area contributed by atoms with E-state index in [0.717, 1.165) is 6.42 Å². The molecule has 2 saturated heterocycles. The minimum atomic E-state index is -2.72. The summed E-state index contributed by atoms with van der Waals surface area (Å²) in [6, 6.07) is 0. The molecule has 9 heavy (non-hydrogen) atoms. The second-order valence-corrected chi connectivity index (χ2v) is 5.00. The molecular formula is C5H8O3S. The minimum absolute atomic E-state index is 0.209. The first-order valence-corrected chi connectivity index (χ1v) is 4.79.